The van der Waals surface area contributed by atoms with Crippen LogP contribution in [0.25, 0.3) is 11.4 Å². The van der Waals surface area contributed by atoms with Crippen molar-refractivity contribution in [3.63, 3.8) is 0 Å². The standard InChI is InChI=1S/C12H9F3N3O5P/c13-12(14,15)11(19)23-24(20,21)22-8-18-6-2-9(3-7-18)10-16-4-1-5-17-10/h1-7H,8H2/p+1. The average Bonchev–Trinajstić information content (AvgIpc) is 2.53. The molecule has 2 heterocycles. The summed E-state index contributed by atoms with van der Waals surface area (Å²) >= 11 is 0. The third-order valence-corrected chi connectivity index (χ3v) is 3.35. The summed E-state index contributed by atoms with van der Waals surface area (Å²) in [5.74, 6) is -2.37. The average molecular weight is 364 g/mol. The van der Waals surface area contributed by atoms with Crippen molar-refractivity contribution >= 4 is 13.8 Å². The third-order valence-electron chi connectivity index (χ3n) is 2.51. The second-order valence-corrected chi connectivity index (χ2v) is 5.65. The molecule has 1 unspecified atom stereocenters. The Balaban J connectivity index is 1.97. The van der Waals surface area contributed by atoms with Crippen molar-refractivity contribution in [1.29, 1.82) is 0 Å². The highest BCUT2D eigenvalue weighted by molar-refractivity contribution is 7.48. The normalized spacial score (nSPS) is 14.0. The molecule has 0 aliphatic rings. The molecule has 0 bridgehead atoms. The van der Waals surface area contributed by atoms with Crippen molar-refractivity contribution in [2.24, 2.45) is 0 Å². The van der Waals surface area contributed by atoms with E-state index in [1.807, 2.05) is 0 Å². The maximum atomic E-state index is 12.0. The van der Waals surface area contributed by atoms with Gasteiger partial charge in [0.15, 0.2) is 18.2 Å². The van der Waals surface area contributed by atoms with Gasteiger partial charge in [-0.15, -0.1) is 0 Å². The molecule has 0 spiro atoms. The number of pyridine rings is 1. The van der Waals surface area contributed by atoms with Crippen LogP contribution in [0, 0.1) is 0 Å². The van der Waals surface area contributed by atoms with Gasteiger partial charge >= 0.3 is 20.0 Å². The van der Waals surface area contributed by atoms with E-state index in [1.165, 1.54) is 17.0 Å². The van der Waals surface area contributed by atoms with E-state index >= 15 is 0 Å². The lowest BCUT2D eigenvalue weighted by Crippen LogP contribution is -2.34. The first kappa shape index (κ1) is 18.0. The summed E-state index contributed by atoms with van der Waals surface area (Å²) in [5, 5.41) is 0. The quantitative estimate of drug-likeness (QED) is 0.635. The lowest BCUT2D eigenvalue weighted by Gasteiger charge is -2.11. The Labute approximate surface area is 133 Å². The Morgan fingerprint density at radius 2 is 1.83 bits per heavy atom. The number of alkyl halides is 3. The first-order valence-corrected chi connectivity index (χ1v) is 7.71. The van der Waals surface area contributed by atoms with Crippen LogP contribution < -0.4 is 4.57 Å². The van der Waals surface area contributed by atoms with E-state index in [2.05, 4.69) is 19.0 Å². The van der Waals surface area contributed by atoms with Crippen molar-refractivity contribution in [3.05, 3.63) is 43.0 Å². The molecule has 0 aromatic carbocycles. The van der Waals surface area contributed by atoms with Crippen molar-refractivity contribution in [2.75, 3.05) is 0 Å². The van der Waals surface area contributed by atoms with E-state index in [4.69, 9.17) is 4.89 Å². The zero-order chi connectivity index (χ0) is 17.8. The molecule has 2 aromatic heterocycles. The monoisotopic (exact) mass is 364 g/mol. The van der Waals surface area contributed by atoms with E-state index in [0.717, 1.165) is 0 Å². The van der Waals surface area contributed by atoms with E-state index in [1.54, 1.807) is 30.6 Å². The van der Waals surface area contributed by atoms with Gasteiger partial charge in [0, 0.05) is 30.1 Å². The number of aromatic nitrogens is 3. The molecule has 2 rings (SSSR count). The summed E-state index contributed by atoms with van der Waals surface area (Å²) in [5.41, 5.74) is 0.641. The van der Waals surface area contributed by atoms with Gasteiger partial charge in [-0.1, -0.05) is 0 Å². The third kappa shape index (κ3) is 5.08. The molecule has 0 amide bonds. The molecule has 0 saturated heterocycles. The van der Waals surface area contributed by atoms with Crippen LogP contribution in [0.4, 0.5) is 13.2 Å². The summed E-state index contributed by atoms with van der Waals surface area (Å²) in [7, 11) is -5.20. The number of phosphoric acid groups is 1. The van der Waals surface area contributed by atoms with Crippen LogP contribution in [-0.4, -0.2) is 27.0 Å². The SMILES string of the molecule is O=C(OP(=O)(O)OC[n+]1ccc(-c2ncccn2)cc1)C(F)(F)F. The lowest BCUT2D eigenvalue weighted by atomic mass is 10.2. The summed E-state index contributed by atoms with van der Waals surface area (Å²) in [6, 6.07) is 4.76. The van der Waals surface area contributed by atoms with Crippen molar-refractivity contribution in [2.45, 2.75) is 12.9 Å². The van der Waals surface area contributed by atoms with E-state index in [-0.39, 0.29) is 0 Å². The molecule has 128 valence electrons. The maximum Gasteiger partial charge on any atom is 0.534 e. The van der Waals surface area contributed by atoms with Gasteiger partial charge in [-0.2, -0.15) is 17.7 Å². The van der Waals surface area contributed by atoms with Crippen molar-refractivity contribution < 1.29 is 41.0 Å². The van der Waals surface area contributed by atoms with Crippen LogP contribution in [0.5, 0.6) is 0 Å². The summed E-state index contributed by atoms with van der Waals surface area (Å²) in [6.45, 7) is -0.616. The van der Waals surface area contributed by atoms with Crippen LogP contribution in [0.2, 0.25) is 0 Å². The maximum absolute atomic E-state index is 12.0. The zero-order valence-corrected chi connectivity index (χ0v) is 12.6. The predicted molar refractivity (Wildman–Crippen MR) is 70.7 cm³/mol. The van der Waals surface area contributed by atoms with Crippen LogP contribution in [-0.2, 0) is 25.1 Å². The van der Waals surface area contributed by atoms with Gasteiger partial charge in [0.1, 0.15) is 0 Å². The van der Waals surface area contributed by atoms with Crippen molar-refractivity contribution in [3.8, 4) is 11.4 Å². The van der Waals surface area contributed by atoms with Crippen LogP contribution in [0.1, 0.15) is 0 Å². The smallest absolute Gasteiger partial charge is 0.364 e. The number of hydrogen-bond donors (Lipinski definition) is 1. The molecule has 0 aliphatic heterocycles. The highest BCUT2D eigenvalue weighted by Gasteiger charge is 2.45. The van der Waals surface area contributed by atoms with Crippen molar-refractivity contribution in [1.82, 2.24) is 9.97 Å². The summed E-state index contributed by atoms with van der Waals surface area (Å²) < 4.78 is 56.2. The fraction of sp³-hybridized carbons (Fsp3) is 0.167. The molecule has 0 radical (unpaired) electrons. The molecule has 24 heavy (non-hydrogen) atoms. The molecule has 8 nitrogen and oxygen atoms in total. The largest absolute Gasteiger partial charge is 0.534 e. The second kappa shape index (κ2) is 7.04. The number of phosphoric ester groups is 1. The Bertz CT molecular complexity index is 755. The van der Waals surface area contributed by atoms with E-state index < -0.39 is 26.7 Å². The number of nitrogens with zero attached hydrogens (tertiary/aromatic N) is 3. The number of hydrogen-bond acceptors (Lipinski definition) is 6. The summed E-state index contributed by atoms with van der Waals surface area (Å²) in [4.78, 5) is 27.7. The first-order valence-electron chi connectivity index (χ1n) is 6.22. The van der Waals surface area contributed by atoms with Crippen LogP contribution in [0.3, 0.4) is 0 Å². The first-order chi connectivity index (χ1) is 11.2. The molecule has 0 saturated carbocycles. The zero-order valence-electron chi connectivity index (χ0n) is 11.8. The second-order valence-electron chi connectivity index (χ2n) is 4.28. The fourth-order valence-corrected chi connectivity index (χ4v) is 2.11. The molecule has 1 atom stereocenters. The number of rotatable bonds is 5. The Hall–Kier alpha value is -2.36. The number of carbonyl (C=O) groups is 1. The van der Waals surface area contributed by atoms with E-state index in [0.29, 0.717) is 11.4 Å². The van der Waals surface area contributed by atoms with Gasteiger partial charge in [-0.25, -0.2) is 23.9 Å². The topological polar surface area (TPSA) is 102 Å². The minimum Gasteiger partial charge on any atom is -0.364 e. The van der Waals surface area contributed by atoms with Gasteiger partial charge in [-0.05, 0) is 6.07 Å². The van der Waals surface area contributed by atoms with E-state index in [9.17, 15) is 22.5 Å². The molecule has 0 fully saturated rings. The molecular formula is C12H10F3N3O5P+. The van der Waals surface area contributed by atoms with Gasteiger partial charge < -0.3 is 4.52 Å². The minimum atomic E-state index is -5.40. The predicted octanol–water partition coefficient (Wildman–Crippen LogP) is 1.61. The molecule has 0 aliphatic carbocycles. The highest BCUT2D eigenvalue weighted by Crippen LogP contribution is 2.44. The molecule has 2 aromatic rings. The van der Waals surface area contributed by atoms with Crippen LogP contribution >= 0.6 is 7.82 Å². The summed E-state index contributed by atoms with van der Waals surface area (Å²) in [6.07, 6.45) is 0.522. The number of carbonyl (C=O) groups excluding carboxylic acids is 1. The van der Waals surface area contributed by atoms with Gasteiger partial charge in [0.05, 0.1) is 0 Å². The van der Waals surface area contributed by atoms with Gasteiger partial charge in [0.25, 0.3) is 6.73 Å². The van der Waals surface area contributed by atoms with Crippen LogP contribution in [0.15, 0.2) is 43.0 Å². The number of halogens is 3. The molecule has 1 N–H and O–H groups in total. The Morgan fingerprint density at radius 1 is 1.25 bits per heavy atom. The van der Waals surface area contributed by atoms with Gasteiger partial charge in [0.2, 0.25) is 0 Å². The minimum absolute atomic E-state index is 0.442. The Kier molecular flexibility index (Phi) is 5.27. The fourth-order valence-electron chi connectivity index (χ4n) is 1.46. The van der Waals surface area contributed by atoms with Gasteiger partial charge in [-0.3, -0.25) is 4.89 Å². The molecule has 12 heteroatoms. The Morgan fingerprint density at radius 3 is 2.38 bits per heavy atom. The lowest BCUT2D eigenvalue weighted by molar-refractivity contribution is -0.725. The molecular weight excluding hydrogens is 354 g/mol. The highest BCUT2D eigenvalue weighted by atomic mass is 31.2.